The van der Waals surface area contributed by atoms with Crippen molar-refractivity contribution in [2.75, 3.05) is 0 Å². The molecule has 9 nitrogen and oxygen atoms in total. The van der Waals surface area contributed by atoms with Crippen LogP contribution in [0.2, 0.25) is 0 Å². The van der Waals surface area contributed by atoms with Gasteiger partial charge in [0.25, 0.3) is 11.7 Å². The molecule has 156 valence electrons. The van der Waals surface area contributed by atoms with E-state index in [4.69, 9.17) is 4.52 Å². The molecule has 0 spiro atoms. The van der Waals surface area contributed by atoms with Gasteiger partial charge in [0, 0.05) is 12.0 Å². The first kappa shape index (κ1) is 19.1. The Labute approximate surface area is 178 Å². The molecule has 0 unspecified atom stereocenters. The molecule has 0 fully saturated rings. The van der Waals surface area contributed by atoms with Crippen LogP contribution in [0.3, 0.4) is 0 Å². The highest BCUT2D eigenvalue weighted by molar-refractivity contribution is 5.90. The zero-order valence-corrected chi connectivity index (χ0v) is 17.0. The summed E-state index contributed by atoms with van der Waals surface area (Å²) in [5.41, 5.74) is 4.22. The predicted octanol–water partition coefficient (Wildman–Crippen LogP) is 2.75. The zero-order chi connectivity index (χ0) is 21.2. The molecular formula is C22H21N7O2. The summed E-state index contributed by atoms with van der Waals surface area (Å²) in [7, 11) is 0. The summed E-state index contributed by atoms with van der Waals surface area (Å²) in [5, 5.41) is 19.2. The Morgan fingerprint density at radius 2 is 2.10 bits per heavy atom. The van der Waals surface area contributed by atoms with Crippen LogP contribution in [0.1, 0.15) is 52.6 Å². The van der Waals surface area contributed by atoms with Crippen LogP contribution >= 0.6 is 0 Å². The first-order valence-electron chi connectivity index (χ1n) is 10.3. The number of carbonyl (C=O) groups is 1. The van der Waals surface area contributed by atoms with E-state index in [9.17, 15) is 4.79 Å². The number of aromatic nitrogens is 6. The molecule has 1 aliphatic rings. The van der Waals surface area contributed by atoms with Gasteiger partial charge >= 0.3 is 0 Å². The Kier molecular flexibility index (Phi) is 4.99. The van der Waals surface area contributed by atoms with Crippen molar-refractivity contribution in [1.82, 2.24) is 35.7 Å². The minimum absolute atomic E-state index is 0.0693. The molecule has 31 heavy (non-hydrogen) atoms. The van der Waals surface area contributed by atoms with Crippen LogP contribution in [0.15, 0.2) is 53.1 Å². The Bertz CT molecular complexity index is 1220. The van der Waals surface area contributed by atoms with Crippen molar-refractivity contribution in [3.8, 4) is 11.4 Å². The van der Waals surface area contributed by atoms with Crippen LogP contribution in [-0.4, -0.2) is 36.3 Å². The van der Waals surface area contributed by atoms with Crippen LogP contribution in [0.4, 0.5) is 0 Å². The van der Waals surface area contributed by atoms with Crippen molar-refractivity contribution in [2.45, 2.75) is 38.8 Å². The molecule has 0 radical (unpaired) electrons. The maximum absolute atomic E-state index is 12.7. The smallest absolute Gasteiger partial charge is 0.293 e. The summed E-state index contributed by atoms with van der Waals surface area (Å²) < 4.78 is 5.21. The molecule has 1 atom stereocenters. The Morgan fingerprint density at radius 1 is 1.23 bits per heavy atom. The number of carbonyl (C=O) groups excluding carboxylic acids is 1. The third kappa shape index (κ3) is 3.94. The predicted molar refractivity (Wildman–Crippen MR) is 111 cm³/mol. The number of nitrogens with zero attached hydrogens (tertiary/aromatic N) is 6. The molecule has 5 rings (SSSR count). The topological polar surface area (TPSA) is 112 Å². The maximum atomic E-state index is 12.7. The molecular weight excluding hydrogens is 394 g/mol. The second-order valence-electron chi connectivity index (χ2n) is 7.47. The fraction of sp³-hybridized carbons (Fsp3) is 0.273. The van der Waals surface area contributed by atoms with E-state index in [-0.39, 0.29) is 17.8 Å². The quantitative estimate of drug-likeness (QED) is 0.515. The largest absolute Gasteiger partial charge is 0.342 e. The van der Waals surface area contributed by atoms with E-state index < -0.39 is 0 Å². The standard InChI is InChI=1S/C22H21N7O2/c1-2-19-24-20(27-31-19)16-8-10-17-15(12-16)9-11-18(17)23-22(30)21-25-28-29(26-21)13-14-6-4-3-5-7-14/h3-8,10,12,18H,2,9,11,13H2,1H3,(H,23,30)/t18-/m1/s1. The molecule has 1 N–H and O–H groups in total. The fourth-order valence-corrected chi connectivity index (χ4v) is 3.79. The van der Waals surface area contributed by atoms with Crippen LogP contribution in [0, 0.1) is 0 Å². The van der Waals surface area contributed by atoms with Gasteiger partial charge in [-0.2, -0.15) is 9.78 Å². The van der Waals surface area contributed by atoms with E-state index in [1.54, 1.807) is 0 Å². The van der Waals surface area contributed by atoms with Crippen LogP contribution in [0.5, 0.6) is 0 Å². The lowest BCUT2D eigenvalue weighted by molar-refractivity contribution is 0.0925. The SMILES string of the molecule is CCc1nc(-c2ccc3c(c2)CC[C@H]3NC(=O)c2nnn(Cc3ccccc3)n2)no1. The maximum Gasteiger partial charge on any atom is 0.293 e. The van der Waals surface area contributed by atoms with Crippen LogP contribution < -0.4 is 5.32 Å². The summed E-state index contributed by atoms with van der Waals surface area (Å²) >= 11 is 0. The van der Waals surface area contributed by atoms with Gasteiger partial charge in [-0.25, -0.2) is 0 Å². The Hall–Kier alpha value is -3.88. The Balaban J connectivity index is 1.27. The number of hydrogen-bond acceptors (Lipinski definition) is 7. The molecule has 4 aromatic rings. The molecule has 9 heteroatoms. The lowest BCUT2D eigenvalue weighted by Gasteiger charge is -2.12. The highest BCUT2D eigenvalue weighted by atomic mass is 16.5. The number of rotatable bonds is 6. The average molecular weight is 415 g/mol. The normalized spacial score (nSPS) is 15.1. The van der Waals surface area contributed by atoms with Crippen molar-refractivity contribution < 1.29 is 9.32 Å². The van der Waals surface area contributed by atoms with Crippen molar-refractivity contribution >= 4 is 5.91 Å². The number of hydrogen-bond donors (Lipinski definition) is 1. The molecule has 2 aromatic carbocycles. The summed E-state index contributed by atoms with van der Waals surface area (Å²) in [6.45, 7) is 2.44. The average Bonchev–Trinajstić information content (AvgIpc) is 3.54. The van der Waals surface area contributed by atoms with Crippen molar-refractivity contribution in [1.29, 1.82) is 0 Å². The highest BCUT2D eigenvalue weighted by Crippen LogP contribution is 2.33. The summed E-state index contributed by atoms with van der Waals surface area (Å²) in [6, 6.07) is 15.8. The minimum Gasteiger partial charge on any atom is -0.342 e. The third-order valence-electron chi connectivity index (χ3n) is 5.38. The monoisotopic (exact) mass is 415 g/mol. The zero-order valence-electron chi connectivity index (χ0n) is 17.0. The molecule has 1 aliphatic carbocycles. The van der Waals surface area contributed by atoms with E-state index in [1.165, 1.54) is 10.4 Å². The third-order valence-corrected chi connectivity index (χ3v) is 5.38. The van der Waals surface area contributed by atoms with E-state index in [2.05, 4.69) is 36.9 Å². The van der Waals surface area contributed by atoms with Gasteiger partial charge in [0.2, 0.25) is 11.7 Å². The van der Waals surface area contributed by atoms with Crippen molar-refractivity contribution in [2.24, 2.45) is 0 Å². The number of fused-ring (bicyclic) bond motifs is 1. The van der Waals surface area contributed by atoms with Gasteiger partial charge in [-0.15, -0.1) is 10.2 Å². The van der Waals surface area contributed by atoms with Gasteiger partial charge in [0.05, 0.1) is 12.6 Å². The molecule has 1 amide bonds. The fourth-order valence-electron chi connectivity index (χ4n) is 3.79. The van der Waals surface area contributed by atoms with Gasteiger partial charge in [-0.05, 0) is 40.8 Å². The summed E-state index contributed by atoms with van der Waals surface area (Å²) in [4.78, 5) is 18.5. The van der Waals surface area contributed by atoms with E-state index in [0.717, 1.165) is 29.5 Å². The summed E-state index contributed by atoms with van der Waals surface area (Å²) in [5.74, 6) is 0.951. The second-order valence-corrected chi connectivity index (χ2v) is 7.47. The number of nitrogens with one attached hydrogen (secondary N) is 1. The number of amides is 1. The molecule has 0 aliphatic heterocycles. The van der Waals surface area contributed by atoms with E-state index in [1.807, 2.05) is 49.4 Å². The first-order chi connectivity index (χ1) is 15.2. The summed E-state index contributed by atoms with van der Waals surface area (Å²) in [6.07, 6.45) is 2.38. The van der Waals surface area contributed by atoms with Gasteiger partial charge in [0.15, 0.2) is 0 Å². The van der Waals surface area contributed by atoms with Gasteiger partial charge in [-0.3, -0.25) is 4.79 Å². The number of benzene rings is 2. The molecule has 0 saturated heterocycles. The first-order valence-corrected chi connectivity index (χ1v) is 10.3. The number of tetrazole rings is 1. The van der Waals surface area contributed by atoms with Crippen LogP contribution in [-0.2, 0) is 19.4 Å². The second kappa shape index (κ2) is 8.10. The van der Waals surface area contributed by atoms with Crippen LogP contribution in [0.25, 0.3) is 11.4 Å². The van der Waals surface area contributed by atoms with Gasteiger partial charge in [0.1, 0.15) is 0 Å². The number of aryl methyl sites for hydroxylation is 2. The lowest BCUT2D eigenvalue weighted by atomic mass is 10.0. The van der Waals surface area contributed by atoms with E-state index >= 15 is 0 Å². The molecule has 0 saturated carbocycles. The van der Waals surface area contributed by atoms with Gasteiger partial charge < -0.3 is 9.84 Å². The highest BCUT2D eigenvalue weighted by Gasteiger charge is 2.26. The van der Waals surface area contributed by atoms with Crippen molar-refractivity contribution in [3.05, 3.63) is 76.9 Å². The molecule has 2 aromatic heterocycles. The molecule has 0 bridgehead atoms. The Morgan fingerprint density at radius 3 is 2.90 bits per heavy atom. The van der Waals surface area contributed by atoms with Crippen molar-refractivity contribution in [3.63, 3.8) is 0 Å². The molecule has 2 heterocycles. The van der Waals surface area contributed by atoms with Gasteiger partial charge in [-0.1, -0.05) is 54.5 Å². The minimum atomic E-state index is -0.327. The lowest BCUT2D eigenvalue weighted by Crippen LogP contribution is -2.28. The van der Waals surface area contributed by atoms with E-state index in [0.29, 0.717) is 24.7 Å².